The third-order valence-corrected chi connectivity index (χ3v) is 5.93. The molecule has 2 amide bonds. The summed E-state index contributed by atoms with van der Waals surface area (Å²) in [5.41, 5.74) is 4.53. The van der Waals surface area contributed by atoms with E-state index in [2.05, 4.69) is 17.4 Å². The number of hydrogen-bond donors (Lipinski definition) is 2. The van der Waals surface area contributed by atoms with Gasteiger partial charge in [0, 0.05) is 19.0 Å². The molecule has 1 atom stereocenters. The summed E-state index contributed by atoms with van der Waals surface area (Å²) in [6.07, 6.45) is -0.351. The van der Waals surface area contributed by atoms with E-state index in [0.29, 0.717) is 13.0 Å². The number of hydrogen-bond acceptors (Lipinski definition) is 4. The van der Waals surface area contributed by atoms with E-state index in [9.17, 15) is 14.4 Å². The topological polar surface area (TPSA) is 95.9 Å². The number of carbonyl (C=O) groups is 3. The van der Waals surface area contributed by atoms with Gasteiger partial charge in [0.2, 0.25) is 5.91 Å². The number of carboxylic acids is 1. The number of carbonyl (C=O) groups excluding carboxylic acids is 2. The highest BCUT2D eigenvalue weighted by atomic mass is 16.5. The van der Waals surface area contributed by atoms with Crippen LogP contribution >= 0.6 is 0 Å². The maximum absolute atomic E-state index is 13.0. The van der Waals surface area contributed by atoms with Gasteiger partial charge >= 0.3 is 12.1 Å². The zero-order valence-corrected chi connectivity index (χ0v) is 19.4. The molecule has 7 nitrogen and oxygen atoms in total. The smallest absolute Gasteiger partial charge is 0.407 e. The molecule has 2 aromatic rings. The predicted octanol–water partition coefficient (Wildman–Crippen LogP) is 4.26. The lowest BCUT2D eigenvalue weighted by molar-refractivity contribution is -0.139. The third-order valence-electron chi connectivity index (χ3n) is 5.93. The molecule has 0 fully saturated rings. The molecule has 0 bridgehead atoms. The van der Waals surface area contributed by atoms with Crippen LogP contribution in [0.1, 0.15) is 50.7 Å². The second-order valence-electron chi connectivity index (χ2n) is 8.71. The molecule has 0 saturated carbocycles. The summed E-state index contributed by atoms with van der Waals surface area (Å²) >= 11 is 0. The monoisotopic (exact) mass is 452 g/mol. The predicted molar refractivity (Wildman–Crippen MR) is 126 cm³/mol. The molecule has 0 saturated heterocycles. The number of nitrogens with zero attached hydrogens (tertiary/aromatic N) is 1. The van der Waals surface area contributed by atoms with E-state index in [1.54, 1.807) is 6.92 Å². The minimum Gasteiger partial charge on any atom is -0.481 e. The number of rotatable bonds is 10. The molecular formula is C26H32N2O5. The molecule has 1 aliphatic carbocycles. The largest absolute Gasteiger partial charge is 0.481 e. The first-order chi connectivity index (χ1) is 15.8. The van der Waals surface area contributed by atoms with Crippen LogP contribution < -0.4 is 5.32 Å². The highest BCUT2D eigenvalue weighted by molar-refractivity contribution is 5.86. The normalized spacial score (nSPS) is 13.2. The molecule has 0 aliphatic heterocycles. The SMILES string of the molecule is CCN(CCC(=O)O)C(=O)[C@H](CC(C)C)NC(=O)OCC1c2ccccc2-c2ccccc21. The molecular weight excluding hydrogens is 420 g/mol. The Hall–Kier alpha value is -3.35. The second-order valence-corrected chi connectivity index (χ2v) is 8.71. The van der Waals surface area contributed by atoms with Crippen molar-refractivity contribution in [2.45, 2.75) is 45.6 Å². The molecule has 0 heterocycles. The van der Waals surface area contributed by atoms with E-state index in [0.717, 1.165) is 22.3 Å². The van der Waals surface area contributed by atoms with Gasteiger partial charge < -0.3 is 20.1 Å². The van der Waals surface area contributed by atoms with Gasteiger partial charge in [-0.25, -0.2) is 4.79 Å². The molecule has 2 N–H and O–H groups in total. The Bertz CT molecular complexity index is 958. The number of nitrogens with one attached hydrogen (secondary N) is 1. The van der Waals surface area contributed by atoms with E-state index < -0.39 is 18.1 Å². The minimum absolute atomic E-state index is 0.0647. The summed E-state index contributed by atoms with van der Waals surface area (Å²) in [5, 5.41) is 11.7. The van der Waals surface area contributed by atoms with Crippen LogP contribution in [0.25, 0.3) is 11.1 Å². The van der Waals surface area contributed by atoms with Crippen LogP contribution in [-0.2, 0) is 14.3 Å². The number of likely N-dealkylation sites (N-methyl/N-ethyl adjacent to an activating group) is 1. The molecule has 2 aromatic carbocycles. The summed E-state index contributed by atoms with van der Waals surface area (Å²) in [4.78, 5) is 38.1. The van der Waals surface area contributed by atoms with Gasteiger partial charge in [0.05, 0.1) is 6.42 Å². The molecule has 3 rings (SSSR count). The maximum Gasteiger partial charge on any atom is 0.407 e. The molecule has 33 heavy (non-hydrogen) atoms. The van der Waals surface area contributed by atoms with Crippen LogP contribution in [0.2, 0.25) is 0 Å². The van der Waals surface area contributed by atoms with Crippen LogP contribution in [0.4, 0.5) is 4.79 Å². The summed E-state index contributed by atoms with van der Waals surface area (Å²) in [6, 6.07) is 15.4. The number of carboxylic acid groups (broad SMARTS) is 1. The number of aliphatic carboxylic acids is 1. The van der Waals surface area contributed by atoms with Gasteiger partial charge in [-0.2, -0.15) is 0 Å². The summed E-state index contributed by atoms with van der Waals surface area (Å²) in [7, 11) is 0. The number of benzene rings is 2. The second kappa shape index (κ2) is 11.0. The van der Waals surface area contributed by atoms with Crippen LogP contribution in [0.15, 0.2) is 48.5 Å². The van der Waals surface area contributed by atoms with E-state index in [1.807, 2.05) is 50.2 Å². The van der Waals surface area contributed by atoms with Crippen molar-refractivity contribution in [1.82, 2.24) is 10.2 Å². The van der Waals surface area contributed by atoms with Crippen LogP contribution in [0.5, 0.6) is 0 Å². The molecule has 176 valence electrons. The Morgan fingerprint density at radius 3 is 2.12 bits per heavy atom. The Labute approximate surface area is 194 Å². The van der Waals surface area contributed by atoms with Gasteiger partial charge in [-0.15, -0.1) is 0 Å². The van der Waals surface area contributed by atoms with Crippen molar-refractivity contribution in [3.8, 4) is 11.1 Å². The van der Waals surface area contributed by atoms with E-state index in [1.165, 1.54) is 4.90 Å². The van der Waals surface area contributed by atoms with E-state index >= 15 is 0 Å². The highest BCUT2D eigenvalue weighted by Crippen LogP contribution is 2.44. The fourth-order valence-corrected chi connectivity index (χ4v) is 4.35. The Morgan fingerprint density at radius 1 is 1.03 bits per heavy atom. The van der Waals surface area contributed by atoms with Crippen LogP contribution in [0, 0.1) is 5.92 Å². The van der Waals surface area contributed by atoms with Gasteiger partial charge in [-0.05, 0) is 41.5 Å². The average Bonchev–Trinajstić information content (AvgIpc) is 3.11. The summed E-state index contributed by atoms with van der Waals surface area (Å²) in [6.45, 7) is 6.36. The third kappa shape index (κ3) is 5.92. The van der Waals surface area contributed by atoms with Gasteiger partial charge in [-0.1, -0.05) is 62.4 Å². The number of ether oxygens (including phenoxy) is 1. The zero-order chi connectivity index (χ0) is 24.0. The van der Waals surface area contributed by atoms with Gasteiger partial charge in [0.15, 0.2) is 0 Å². The standard InChI is InChI=1S/C26H32N2O5/c1-4-28(14-13-24(29)30)25(31)23(15-17(2)3)27-26(32)33-16-22-20-11-7-5-9-18(20)19-10-6-8-12-21(19)22/h5-12,17,22-23H,4,13-16H2,1-3H3,(H,27,32)(H,29,30)/t23-/m0/s1. The van der Waals surface area contributed by atoms with Crippen LogP contribution in [-0.4, -0.2) is 53.7 Å². The number of amides is 2. The Balaban J connectivity index is 1.67. The average molecular weight is 453 g/mol. The fraction of sp³-hybridized carbons (Fsp3) is 0.423. The minimum atomic E-state index is -0.967. The fourth-order valence-electron chi connectivity index (χ4n) is 4.35. The van der Waals surface area contributed by atoms with E-state index in [4.69, 9.17) is 9.84 Å². The lowest BCUT2D eigenvalue weighted by Crippen LogP contribution is -2.49. The van der Waals surface area contributed by atoms with Crippen molar-refractivity contribution >= 4 is 18.0 Å². The first-order valence-electron chi connectivity index (χ1n) is 11.4. The lowest BCUT2D eigenvalue weighted by Gasteiger charge is -2.27. The number of alkyl carbamates (subject to hydrolysis) is 1. The van der Waals surface area contributed by atoms with Crippen molar-refractivity contribution in [3.05, 3.63) is 59.7 Å². The number of fused-ring (bicyclic) bond motifs is 3. The quantitative estimate of drug-likeness (QED) is 0.561. The van der Waals surface area contributed by atoms with Crippen molar-refractivity contribution in [2.24, 2.45) is 5.92 Å². The first-order valence-corrected chi connectivity index (χ1v) is 11.4. The highest BCUT2D eigenvalue weighted by Gasteiger charge is 2.30. The van der Waals surface area contributed by atoms with Crippen molar-refractivity contribution in [1.29, 1.82) is 0 Å². The molecule has 1 aliphatic rings. The molecule has 0 radical (unpaired) electrons. The maximum atomic E-state index is 13.0. The molecule has 7 heteroatoms. The van der Waals surface area contributed by atoms with Crippen molar-refractivity contribution < 1.29 is 24.2 Å². The van der Waals surface area contributed by atoms with Gasteiger partial charge in [0.1, 0.15) is 12.6 Å². The first kappa shape index (κ1) is 24.3. The molecule has 0 unspecified atom stereocenters. The zero-order valence-electron chi connectivity index (χ0n) is 19.4. The Kier molecular flexibility index (Phi) is 8.09. The Morgan fingerprint density at radius 2 is 1.61 bits per heavy atom. The molecule has 0 spiro atoms. The van der Waals surface area contributed by atoms with Crippen molar-refractivity contribution in [3.63, 3.8) is 0 Å². The summed E-state index contributed by atoms with van der Waals surface area (Å²) in [5.74, 6) is -1.16. The lowest BCUT2D eigenvalue weighted by atomic mass is 9.98. The summed E-state index contributed by atoms with van der Waals surface area (Å²) < 4.78 is 5.60. The van der Waals surface area contributed by atoms with Crippen molar-refractivity contribution in [2.75, 3.05) is 19.7 Å². The molecule has 0 aromatic heterocycles. The van der Waals surface area contributed by atoms with Crippen LogP contribution in [0.3, 0.4) is 0 Å². The van der Waals surface area contributed by atoms with E-state index in [-0.39, 0.29) is 37.3 Å². The van der Waals surface area contributed by atoms with Gasteiger partial charge in [-0.3, -0.25) is 9.59 Å². The van der Waals surface area contributed by atoms with Gasteiger partial charge in [0.25, 0.3) is 0 Å².